The summed E-state index contributed by atoms with van der Waals surface area (Å²) in [5, 5.41) is 3.89. The standard InChI is InChI=1S/C21H19ClN4O/c1-14-10-17(22)6-7-18(14)25-20-12-23-19(11-24-20)21(27)26-9-8-15-4-2-3-5-16(15)13-26/h2-7,10-12H,8-9,13H2,1H3,(H,24,25). The average molecular weight is 379 g/mol. The fourth-order valence-corrected chi connectivity index (χ4v) is 3.47. The van der Waals surface area contributed by atoms with Crippen molar-refractivity contribution in [1.29, 1.82) is 0 Å². The van der Waals surface area contributed by atoms with Gasteiger partial charge in [-0.1, -0.05) is 35.9 Å². The van der Waals surface area contributed by atoms with Crippen molar-refractivity contribution in [2.24, 2.45) is 0 Å². The van der Waals surface area contributed by atoms with Gasteiger partial charge in [0.1, 0.15) is 11.5 Å². The predicted molar refractivity (Wildman–Crippen MR) is 106 cm³/mol. The highest BCUT2D eigenvalue weighted by atomic mass is 35.5. The highest BCUT2D eigenvalue weighted by molar-refractivity contribution is 6.30. The molecule has 0 spiro atoms. The van der Waals surface area contributed by atoms with Crippen molar-refractivity contribution >= 4 is 29.0 Å². The van der Waals surface area contributed by atoms with Crippen molar-refractivity contribution in [2.45, 2.75) is 19.9 Å². The maximum absolute atomic E-state index is 12.8. The van der Waals surface area contributed by atoms with E-state index >= 15 is 0 Å². The summed E-state index contributed by atoms with van der Waals surface area (Å²) < 4.78 is 0. The summed E-state index contributed by atoms with van der Waals surface area (Å²) in [6.45, 7) is 3.27. The van der Waals surface area contributed by atoms with Crippen LogP contribution in [0.15, 0.2) is 54.9 Å². The van der Waals surface area contributed by atoms with Gasteiger partial charge >= 0.3 is 0 Å². The summed E-state index contributed by atoms with van der Waals surface area (Å²) in [6, 6.07) is 13.8. The van der Waals surface area contributed by atoms with Crippen LogP contribution in [0.3, 0.4) is 0 Å². The Labute approximate surface area is 163 Å². The largest absolute Gasteiger partial charge is 0.339 e. The average Bonchev–Trinajstić information content (AvgIpc) is 2.70. The highest BCUT2D eigenvalue weighted by Gasteiger charge is 2.22. The molecule has 0 bridgehead atoms. The molecule has 1 N–H and O–H groups in total. The number of hydrogen-bond acceptors (Lipinski definition) is 4. The lowest BCUT2D eigenvalue weighted by atomic mass is 10.00. The van der Waals surface area contributed by atoms with E-state index in [1.165, 1.54) is 17.3 Å². The molecule has 4 rings (SSSR count). The number of nitrogens with one attached hydrogen (secondary N) is 1. The first kappa shape index (κ1) is 17.5. The Morgan fingerprint density at radius 1 is 1.11 bits per heavy atom. The molecule has 1 aromatic heterocycles. The number of rotatable bonds is 3. The SMILES string of the molecule is Cc1cc(Cl)ccc1Nc1cnc(C(=O)N2CCc3ccccc3C2)cn1. The number of anilines is 2. The minimum Gasteiger partial charge on any atom is -0.339 e. The molecule has 0 aliphatic carbocycles. The monoisotopic (exact) mass is 378 g/mol. The number of benzene rings is 2. The van der Waals surface area contributed by atoms with E-state index in [1.54, 1.807) is 6.20 Å². The first-order chi connectivity index (χ1) is 13.1. The van der Waals surface area contributed by atoms with E-state index in [0.29, 0.717) is 29.6 Å². The van der Waals surface area contributed by atoms with Gasteiger partial charge in [-0.25, -0.2) is 9.97 Å². The molecule has 5 nitrogen and oxygen atoms in total. The van der Waals surface area contributed by atoms with Crippen LogP contribution < -0.4 is 5.32 Å². The van der Waals surface area contributed by atoms with Gasteiger partial charge in [-0.2, -0.15) is 0 Å². The summed E-state index contributed by atoms with van der Waals surface area (Å²) in [6.07, 6.45) is 3.97. The number of carbonyl (C=O) groups is 1. The maximum Gasteiger partial charge on any atom is 0.274 e. The summed E-state index contributed by atoms with van der Waals surface area (Å²) in [4.78, 5) is 23.2. The molecule has 27 heavy (non-hydrogen) atoms. The van der Waals surface area contributed by atoms with Gasteiger partial charge < -0.3 is 10.2 Å². The minimum atomic E-state index is -0.0915. The Morgan fingerprint density at radius 3 is 2.67 bits per heavy atom. The number of amides is 1. The van der Waals surface area contributed by atoms with Crippen LogP contribution in [0.5, 0.6) is 0 Å². The van der Waals surface area contributed by atoms with Gasteiger partial charge in [-0.05, 0) is 48.2 Å². The quantitative estimate of drug-likeness (QED) is 0.734. The Balaban J connectivity index is 1.47. The molecule has 6 heteroatoms. The van der Waals surface area contributed by atoms with E-state index < -0.39 is 0 Å². The second-order valence-corrected chi connectivity index (χ2v) is 7.05. The third-order valence-electron chi connectivity index (χ3n) is 4.74. The maximum atomic E-state index is 12.8. The highest BCUT2D eigenvalue weighted by Crippen LogP contribution is 2.23. The molecule has 0 saturated carbocycles. The Bertz CT molecular complexity index is 988. The molecule has 2 aromatic carbocycles. The lowest BCUT2D eigenvalue weighted by Crippen LogP contribution is -2.36. The van der Waals surface area contributed by atoms with Gasteiger partial charge in [0, 0.05) is 23.8 Å². The fraction of sp³-hybridized carbons (Fsp3) is 0.190. The van der Waals surface area contributed by atoms with E-state index in [-0.39, 0.29) is 5.91 Å². The van der Waals surface area contributed by atoms with Crippen LogP contribution in [-0.4, -0.2) is 27.3 Å². The molecule has 0 saturated heterocycles. The first-order valence-corrected chi connectivity index (χ1v) is 9.19. The summed E-state index contributed by atoms with van der Waals surface area (Å²) in [7, 11) is 0. The zero-order valence-electron chi connectivity index (χ0n) is 14.9. The second-order valence-electron chi connectivity index (χ2n) is 6.62. The van der Waals surface area contributed by atoms with E-state index in [1.807, 2.05) is 42.2 Å². The van der Waals surface area contributed by atoms with Crippen LogP contribution in [-0.2, 0) is 13.0 Å². The molecule has 1 aliphatic rings. The molecule has 2 heterocycles. The number of aromatic nitrogens is 2. The third-order valence-corrected chi connectivity index (χ3v) is 4.98. The van der Waals surface area contributed by atoms with E-state index in [9.17, 15) is 4.79 Å². The Morgan fingerprint density at radius 2 is 1.93 bits per heavy atom. The number of fused-ring (bicyclic) bond motifs is 1. The van der Waals surface area contributed by atoms with E-state index in [4.69, 9.17) is 11.6 Å². The molecule has 0 radical (unpaired) electrons. The number of nitrogens with zero attached hydrogens (tertiary/aromatic N) is 3. The van der Waals surface area contributed by atoms with Gasteiger partial charge in [0.15, 0.2) is 0 Å². The zero-order valence-corrected chi connectivity index (χ0v) is 15.7. The number of halogens is 1. The number of carbonyl (C=O) groups excluding carboxylic acids is 1. The fourth-order valence-electron chi connectivity index (χ4n) is 3.24. The van der Waals surface area contributed by atoms with Crippen LogP contribution in [0.2, 0.25) is 5.02 Å². The van der Waals surface area contributed by atoms with Crippen LogP contribution >= 0.6 is 11.6 Å². The van der Waals surface area contributed by atoms with E-state index in [2.05, 4.69) is 27.4 Å². The molecule has 136 valence electrons. The third kappa shape index (κ3) is 3.78. The molecular formula is C21H19ClN4O. The van der Waals surface area contributed by atoms with Crippen LogP contribution in [0.4, 0.5) is 11.5 Å². The van der Waals surface area contributed by atoms with Gasteiger partial charge in [-0.15, -0.1) is 0 Å². The second kappa shape index (κ2) is 7.37. The van der Waals surface area contributed by atoms with Gasteiger partial charge in [0.25, 0.3) is 5.91 Å². The van der Waals surface area contributed by atoms with Crippen molar-refractivity contribution in [1.82, 2.24) is 14.9 Å². The Hall–Kier alpha value is -2.92. The molecule has 0 unspecified atom stereocenters. The van der Waals surface area contributed by atoms with Crippen molar-refractivity contribution < 1.29 is 4.79 Å². The van der Waals surface area contributed by atoms with Crippen molar-refractivity contribution in [3.8, 4) is 0 Å². The number of hydrogen-bond donors (Lipinski definition) is 1. The zero-order chi connectivity index (χ0) is 18.8. The first-order valence-electron chi connectivity index (χ1n) is 8.81. The van der Waals surface area contributed by atoms with Crippen molar-refractivity contribution in [3.63, 3.8) is 0 Å². The van der Waals surface area contributed by atoms with Crippen LogP contribution in [0.1, 0.15) is 27.2 Å². The van der Waals surface area contributed by atoms with Crippen LogP contribution in [0.25, 0.3) is 0 Å². The normalized spacial score (nSPS) is 13.2. The molecule has 3 aromatic rings. The van der Waals surface area contributed by atoms with Gasteiger partial charge in [0.05, 0.1) is 12.4 Å². The topological polar surface area (TPSA) is 58.1 Å². The summed E-state index contributed by atoms with van der Waals surface area (Å²) in [5.74, 6) is 0.493. The lowest BCUT2D eigenvalue weighted by Gasteiger charge is -2.28. The molecule has 1 amide bonds. The minimum absolute atomic E-state index is 0.0915. The summed E-state index contributed by atoms with van der Waals surface area (Å²) in [5.41, 5.74) is 4.77. The molecule has 0 fully saturated rings. The van der Waals surface area contributed by atoms with Gasteiger partial charge in [0.2, 0.25) is 0 Å². The number of aryl methyl sites for hydroxylation is 1. The molecular weight excluding hydrogens is 360 g/mol. The lowest BCUT2D eigenvalue weighted by molar-refractivity contribution is 0.0728. The van der Waals surface area contributed by atoms with Crippen LogP contribution in [0, 0.1) is 6.92 Å². The predicted octanol–water partition coefficient (Wildman–Crippen LogP) is 4.38. The van der Waals surface area contributed by atoms with E-state index in [0.717, 1.165) is 17.7 Å². The Kier molecular flexibility index (Phi) is 4.77. The summed E-state index contributed by atoms with van der Waals surface area (Å²) >= 11 is 5.98. The van der Waals surface area contributed by atoms with Crippen molar-refractivity contribution in [3.05, 3.63) is 82.3 Å². The van der Waals surface area contributed by atoms with Gasteiger partial charge in [-0.3, -0.25) is 4.79 Å². The molecule has 0 atom stereocenters. The molecule has 1 aliphatic heterocycles. The smallest absolute Gasteiger partial charge is 0.274 e. The van der Waals surface area contributed by atoms with Crippen molar-refractivity contribution in [2.75, 3.05) is 11.9 Å².